The Kier molecular flexibility index (Phi) is 5.66. The molecule has 2 rings (SSSR count). The van der Waals surface area contributed by atoms with Gasteiger partial charge in [-0.15, -0.1) is 5.10 Å². The van der Waals surface area contributed by atoms with Crippen molar-refractivity contribution in [2.24, 2.45) is 5.92 Å². The Balaban J connectivity index is 1.95. The molecule has 0 aliphatic carbocycles. The number of amides is 1. The van der Waals surface area contributed by atoms with Gasteiger partial charge in [-0.1, -0.05) is 50.1 Å². The second-order valence-electron chi connectivity index (χ2n) is 5.24. The molecule has 1 heterocycles. The average Bonchev–Trinajstić information content (AvgIpc) is 3.04. The van der Waals surface area contributed by atoms with Gasteiger partial charge in [-0.25, -0.2) is 4.68 Å². The van der Waals surface area contributed by atoms with Crippen LogP contribution in [0.2, 0.25) is 0 Å². The third-order valence-electron chi connectivity index (χ3n) is 3.81. The van der Waals surface area contributed by atoms with Crippen molar-refractivity contribution in [2.75, 3.05) is 6.54 Å². The fourth-order valence-corrected chi connectivity index (χ4v) is 2.36. The summed E-state index contributed by atoms with van der Waals surface area (Å²) in [7, 11) is 0. The molecule has 1 aromatic heterocycles. The Hall–Kier alpha value is -2.21. The van der Waals surface area contributed by atoms with Crippen LogP contribution in [0.3, 0.4) is 0 Å². The molecule has 0 aliphatic heterocycles. The molecule has 1 atom stereocenters. The van der Waals surface area contributed by atoms with E-state index in [4.69, 9.17) is 0 Å². The molecule has 0 saturated carbocycles. The molecule has 0 aliphatic rings. The normalized spacial score (nSPS) is 12.4. The molecule has 2 aromatic rings. The van der Waals surface area contributed by atoms with Gasteiger partial charge >= 0.3 is 0 Å². The molecule has 1 amide bonds. The molecule has 0 spiro atoms. The Morgan fingerprint density at radius 2 is 1.95 bits per heavy atom. The van der Waals surface area contributed by atoms with Crippen LogP contribution in [0.25, 0.3) is 5.69 Å². The summed E-state index contributed by atoms with van der Waals surface area (Å²) >= 11 is 0. The summed E-state index contributed by atoms with van der Waals surface area (Å²) in [6, 6.07) is 9.46. The SMILES string of the molecule is CCC(CC)C(O)CNC(=O)c1cn(-c2ccccc2)nn1. The van der Waals surface area contributed by atoms with Crippen molar-refractivity contribution in [2.45, 2.75) is 32.8 Å². The van der Waals surface area contributed by atoms with Crippen molar-refractivity contribution in [1.29, 1.82) is 0 Å². The van der Waals surface area contributed by atoms with E-state index in [1.807, 2.05) is 44.2 Å². The van der Waals surface area contributed by atoms with Crippen molar-refractivity contribution in [3.05, 3.63) is 42.2 Å². The molecule has 1 aromatic carbocycles. The Morgan fingerprint density at radius 3 is 2.59 bits per heavy atom. The van der Waals surface area contributed by atoms with E-state index in [-0.39, 0.29) is 24.1 Å². The van der Waals surface area contributed by atoms with Crippen LogP contribution in [0.15, 0.2) is 36.5 Å². The van der Waals surface area contributed by atoms with Gasteiger partial charge in [0, 0.05) is 6.54 Å². The quantitative estimate of drug-likeness (QED) is 0.817. The third kappa shape index (κ3) is 3.92. The standard InChI is InChI=1S/C16H22N4O2/c1-3-12(4-2)15(21)10-17-16(22)14-11-20(19-18-14)13-8-6-5-7-9-13/h5-9,11-12,15,21H,3-4,10H2,1-2H3,(H,17,22). The fraction of sp³-hybridized carbons (Fsp3) is 0.438. The predicted octanol–water partition coefficient (Wildman–Crippen LogP) is 1.79. The van der Waals surface area contributed by atoms with Crippen LogP contribution in [0.5, 0.6) is 0 Å². The van der Waals surface area contributed by atoms with Crippen LogP contribution in [0.4, 0.5) is 0 Å². The van der Waals surface area contributed by atoms with Crippen LogP contribution in [-0.2, 0) is 0 Å². The summed E-state index contributed by atoms with van der Waals surface area (Å²) in [5, 5.41) is 20.6. The first-order chi connectivity index (χ1) is 10.7. The van der Waals surface area contributed by atoms with Gasteiger partial charge in [0.05, 0.1) is 18.0 Å². The second-order valence-corrected chi connectivity index (χ2v) is 5.24. The molecule has 0 saturated heterocycles. The van der Waals surface area contributed by atoms with E-state index in [9.17, 15) is 9.90 Å². The number of para-hydroxylation sites is 1. The van der Waals surface area contributed by atoms with Gasteiger partial charge in [0.15, 0.2) is 5.69 Å². The zero-order valence-corrected chi connectivity index (χ0v) is 12.9. The van der Waals surface area contributed by atoms with Crippen molar-refractivity contribution in [3.8, 4) is 5.69 Å². The summed E-state index contributed by atoms with van der Waals surface area (Å²) < 4.78 is 1.55. The van der Waals surface area contributed by atoms with Crippen molar-refractivity contribution >= 4 is 5.91 Å². The number of nitrogens with one attached hydrogen (secondary N) is 1. The molecule has 1 unspecified atom stereocenters. The Morgan fingerprint density at radius 1 is 1.27 bits per heavy atom. The number of hydrogen-bond acceptors (Lipinski definition) is 4. The average molecular weight is 302 g/mol. The molecule has 118 valence electrons. The van der Waals surface area contributed by atoms with E-state index >= 15 is 0 Å². The zero-order valence-electron chi connectivity index (χ0n) is 12.9. The first kappa shape index (κ1) is 16.2. The number of carbonyl (C=O) groups is 1. The summed E-state index contributed by atoms with van der Waals surface area (Å²) in [4.78, 5) is 12.1. The number of aromatic nitrogens is 3. The van der Waals surface area contributed by atoms with Gasteiger partial charge in [0.25, 0.3) is 5.91 Å². The summed E-state index contributed by atoms with van der Waals surface area (Å²) in [5.41, 5.74) is 1.08. The van der Waals surface area contributed by atoms with Crippen LogP contribution in [0, 0.1) is 5.92 Å². The van der Waals surface area contributed by atoms with E-state index in [0.717, 1.165) is 18.5 Å². The summed E-state index contributed by atoms with van der Waals surface area (Å²) in [5.74, 6) is -0.132. The molecule has 0 bridgehead atoms. The highest BCUT2D eigenvalue weighted by molar-refractivity contribution is 5.91. The van der Waals surface area contributed by atoms with Crippen LogP contribution >= 0.6 is 0 Å². The second kappa shape index (κ2) is 7.70. The van der Waals surface area contributed by atoms with Crippen LogP contribution < -0.4 is 5.32 Å². The fourth-order valence-electron chi connectivity index (χ4n) is 2.36. The number of hydrogen-bond donors (Lipinski definition) is 2. The lowest BCUT2D eigenvalue weighted by molar-refractivity contribution is 0.0813. The molecule has 6 heteroatoms. The number of benzene rings is 1. The maximum absolute atomic E-state index is 12.1. The molecule has 0 fully saturated rings. The molecule has 0 radical (unpaired) electrons. The number of carbonyl (C=O) groups excluding carboxylic acids is 1. The van der Waals surface area contributed by atoms with E-state index in [1.165, 1.54) is 0 Å². The smallest absolute Gasteiger partial charge is 0.273 e. The number of nitrogens with zero attached hydrogens (tertiary/aromatic N) is 3. The maximum Gasteiger partial charge on any atom is 0.273 e. The van der Waals surface area contributed by atoms with E-state index < -0.39 is 6.10 Å². The van der Waals surface area contributed by atoms with Crippen LogP contribution in [-0.4, -0.2) is 38.7 Å². The monoisotopic (exact) mass is 302 g/mol. The highest BCUT2D eigenvalue weighted by Crippen LogP contribution is 2.12. The highest BCUT2D eigenvalue weighted by atomic mass is 16.3. The molecule has 2 N–H and O–H groups in total. The van der Waals surface area contributed by atoms with E-state index in [0.29, 0.717) is 0 Å². The third-order valence-corrected chi connectivity index (χ3v) is 3.81. The first-order valence-corrected chi connectivity index (χ1v) is 7.59. The van der Waals surface area contributed by atoms with Gasteiger partial charge < -0.3 is 10.4 Å². The number of rotatable bonds is 7. The summed E-state index contributed by atoms with van der Waals surface area (Å²) in [6.45, 7) is 4.29. The van der Waals surface area contributed by atoms with Crippen molar-refractivity contribution < 1.29 is 9.90 Å². The molecule has 6 nitrogen and oxygen atoms in total. The molecule has 22 heavy (non-hydrogen) atoms. The molecular formula is C16H22N4O2. The minimum atomic E-state index is -0.539. The van der Waals surface area contributed by atoms with E-state index in [1.54, 1.807) is 10.9 Å². The minimum Gasteiger partial charge on any atom is -0.391 e. The Labute approximate surface area is 130 Å². The predicted molar refractivity (Wildman–Crippen MR) is 83.8 cm³/mol. The lowest BCUT2D eigenvalue weighted by Crippen LogP contribution is -2.36. The van der Waals surface area contributed by atoms with Crippen LogP contribution in [0.1, 0.15) is 37.2 Å². The molecular weight excluding hydrogens is 280 g/mol. The van der Waals surface area contributed by atoms with Gasteiger partial charge in [-0.05, 0) is 18.1 Å². The highest BCUT2D eigenvalue weighted by Gasteiger charge is 2.18. The first-order valence-electron chi connectivity index (χ1n) is 7.59. The lowest BCUT2D eigenvalue weighted by atomic mass is 9.96. The van der Waals surface area contributed by atoms with Gasteiger partial charge in [0.2, 0.25) is 0 Å². The number of aliphatic hydroxyl groups is 1. The van der Waals surface area contributed by atoms with Gasteiger partial charge in [0.1, 0.15) is 0 Å². The minimum absolute atomic E-state index is 0.195. The number of aliphatic hydroxyl groups excluding tert-OH is 1. The van der Waals surface area contributed by atoms with Gasteiger partial charge in [-0.3, -0.25) is 4.79 Å². The maximum atomic E-state index is 12.1. The van der Waals surface area contributed by atoms with Crippen molar-refractivity contribution in [3.63, 3.8) is 0 Å². The zero-order chi connectivity index (χ0) is 15.9. The van der Waals surface area contributed by atoms with Gasteiger partial charge in [-0.2, -0.15) is 0 Å². The largest absolute Gasteiger partial charge is 0.391 e. The topological polar surface area (TPSA) is 80.0 Å². The lowest BCUT2D eigenvalue weighted by Gasteiger charge is -2.19. The Bertz CT molecular complexity index is 593. The summed E-state index contributed by atoms with van der Waals surface area (Å²) in [6.07, 6.45) is 2.81. The van der Waals surface area contributed by atoms with Crippen molar-refractivity contribution in [1.82, 2.24) is 20.3 Å². The van der Waals surface area contributed by atoms with E-state index in [2.05, 4.69) is 15.6 Å².